The van der Waals surface area contributed by atoms with Crippen molar-refractivity contribution in [2.24, 2.45) is 0 Å². The van der Waals surface area contributed by atoms with E-state index in [0.717, 1.165) is 13.7 Å². The summed E-state index contributed by atoms with van der Waals surface area (Å²) in [6, 6.07) is 8.67. The molecule has 0 bridgehead atoms. The van der Waals surface area contributed by atoms with Crippen molar-refractivity contribution in [1.29, 1.82) is 0 Å². The van der Waals surface area contributed by atoms with Gasteiger partial charge >= 0.3 is 5.97 Å². The summed E-state index contributed by atoms with van der Waals surface area (Å²) >= 11 is 4.49. The molecule has 0 unspecified atom stereocenters. The number of aromatic nitrogens is 3. The molecule has 0 fully saturated rings. The highest BCUT2D eigenvalue weighted by molar-refractivity contribution is 8.02. The zero-order chi connectivity index (χ0) is 14.8. The lowest BCUT2D eigenvalue weighted by Gasteiger charge is -2.03. The maximum absolute atomic E-state index is 11.2. The van der Waals surface area contributed by atoms with Crippen molar-refractivity contribution in [3.05, 3.63) is 35.9 Å². The van der Waals surface area contributed by atoms with Crippen LogP contribution in [0.3, 0.4) is 0 Å². The van der Waals surface area contributed by atoms with E-state index in [1.165, 1.54) is 23.1 Å². The number of rotatable bonds is 4. The zero-order valence-corrected chi connectivity index (χ0v) is 13.3. The standard InChI is InChI=1S/C13H9N3O2S3/c1-19-12-15-16-13(21-12)20-10-6-5-7-8(11(17)18)3-2-4-9(7)14-10/h2-6H,1H3,(H,17,18). The second-order valence-electron chi connectivity index (χ2n) is 3.97. The minimum Gasteiger partial charge on any atom is -0.478 e. The van der Waals surface area contributed by atoms with Gasteiger partial charge in [0.1, 0.15) is 5.03 Å². The maximum Gasteiger partial charge on any atom is 0.336 e. The molecule has 0 radical (unpaired) electrons. The van der Waals surface area contributed by atoms with Gasteiger partial charge in [0.25, 0.3) is 0 Å². The molecule has 5 nitrogen and oxygen atoms in total. The first-order valence-corrected chi connectivity index (χ1v) is 8.71. The van der Waals surface area contributed by atoms with Gasteiger partial charge in [0.15, 0.2) is 8.68 Å². The Labute approximate surface area is 132 Å². The summed E-state index contributed by atoms with van der Waals surface area (Å²) in [6.07, 6.45) is 1.96. The number of carboxylic acid groups (broad SMARTS) is 1. The van der Waals surface area contributed by atoms with Gasteiger partial charge in [-0.2, -0.15) is 0 Å². The smallest absolute Gasteiger partial charge is 0.336 e. The average Bonchev–Trinajstić information content (AvgIpc) is 2.94. The topological polar surface area (TPSA) is 76.0 Å². The molecule has 0 spiro atoms. The fourth-order valence-electron chi connectivity index (χ4n) is 1.79. The van der Waals surface area contributed by atoms with Gasteiger partial charge in [-0.3, -0.25) is 0 Å². The number of thioether (sulfide) groups is 1. The molecule has 0 atom stereocenters. The van der Waals surface area contributed by atoms with E-state index in [4.69, 9.17) is 5.11 Å². The number of pyridine rings is 1. The molecule has 2 heterocycles. The van der Waals surface area contributed by atoms with Crippen molar-refractivity contribution in [2.45, 2.75) is 13.7 Å². The number of hydrogen-bond acceptors (Lipinski definition) is 7. The molecule has 0 aliphatic carbocycles. The molecule has 106 valence electrons. The number of fused-ring (bicyclic) bond motifs is 1. The van der Waals surface area contributed by atoms with Gasteiger partial charge in [-0.1, -0.05) is 29.2 Å². The average molecular weight is 335 g/mol. The predicted octanol–water partition coefficient (Wildman–Crippen LogP) is 3.66. The fraction of sp³-hybridized carbons (Fsp3) is 0.0769. The van der Waals surface area contributed by atoms with Crippen LogP contribution in [0.1, 0.15) is 10.4 Å². The second kappa shape index (κ2) is 6.00. The van der Waals surface area contributed by atoms with Crippen LogP contribution >= 0.6 is 34.9 Å². The van der Waals surface area contributed by atoms with Crippen molar-refractivity contribution in [1.82, 2.24) is 15.2 Å². The van der Waals surface area contributed by atoms with Gasteiger partial charge in [-0.15, -0.1) is 10.2 Å². The van der Waals surface area contributed by atoms with E-state index < -0.39 is 5.97 Å². The third-order valence-electron chi connectivity index (χ3n) is 2.69. The van der Waals surface area contributed by atoms with Crippen molar-refractivity contribution in [2.75, 3.05) is 6.26 Å². The summed E-state index contributed by atoms with van der Waals surface area (Å²) in [5.41, 5.74) is 0.923. The monoisotopic (exact) mass is 335 g/mol. The Morgan fingerprint density at radius 3 is 2.71 bits per heavy atom. The van der Waals surface area contributed by atoms with Crippen LogP contribution in [0, 0.1) is 0 Å². The van der Waals surface area contributed by atoms with E-state index in [-0.39, 0.29) is 5.56 Å². The van der Waals surface area contributed by atoms with Crippen LogP contribution in [0.4, 0.5) is 0 Å². The van der Waals surface area contributed by atoms with Gasteiger partial charge in [0.2, 0.25) is 0 Å². The first-order valence-electron chi connectivity index (χ1n) is 5.86. The summed E-state index contributed by atoms with van der Waals surface area (Å²) in [4.78, 5) is 15.7. The van der Waals surface area contributed by atoms with Crippen LogP contribution < -0.4 is 0 Å². The Bertz CT molecular complexity index is 819. The van der Waals surface area contributed by atoms with Gasteiger partial charge in [0.05, 0.1) is 11.1 Å². The molecule has 1 aromatic carbocycles. The molecular weight excluding hydrogens is 326 g/mol. The molecule has 21 heavy (non-hydrogen) atoms. The largest absolute Gasteiger partial charge is 0.478 e. The molecule has 0 amide bonds. The quantitative estimate of drug-likeness (QED) is 0.729. The predicted molar refractivity (Wildman–Crippen MR) is 84.5 cm³/mol. The van der Waals surface area contributed by atoms with Gasteiger partial charge < -0.3 is 5.11 Å². The molecular formula is C13H9N3O2S3. The number of carbonyl (C=O) groups is 1. The summed E-state index contributed by atoms with van der Waals surface area (Å²) in [7, 11) is 0. The van der Waals surface area contributed by atoms with Crippen LogP contribution in [0.25, 0.3) is 10.9 Å². The maximum atomic E-state index is 11.2. The lowest BCUT2D eigenvalue weighted by atomic mass is 10.1. The van der Waals surface area contributed by atoms with E-state index in [2.05, 4.69) is 15.2 Å². The van der Waals surface area contributed by atoms with Crippen molar-refractivity contribution in [3.63, 3.8) is 0 Å². The van der Waals surface area contributed by atoms with Gasteiger partial charge in [0, 0.05) is 5.39 Å². The van der Waals surface area contributed by atoms with Crippen LogP contribution in [0.2, 0.25) is 0 Å². The van der Waals surface area contributed by atoms with Crippen molar-refractivity contribution >= 4 is 51.7 Å². The molecule has 0 aliphatic rings. The normalized spacial score (nSPS) is 10.9. The molecule has 3 aromatic rings. The molecule has 1 N–H and O–H groups in total. The minimum absolute atomic E-state index is 0.261. The SMILES string of the molecule is CSc1nnc(Sc2ccc3c(C(=O)O)cccc3n2)s1. The third kappa shape index (κ3) is 3.02. The summed E-state index contributed by atoms with van der Waals surface area (Å²) in [5, 5.41) is 18.7. The van der Waals surface area contributed by atoms with E-state index in [1.54, 1.807) is 42.1 Å². The lowest BCUT2D eigenvalue weighted by Crippen LogP contribution is -1.97. The minimum atomic E-state index is -0.948. The zero-order valence-electron chi connectivity index (χ0n) is 10.8. The third-order valence-corrected chi connectivity index (χ3v) is 5.58. The summed E-state index contributed by atoms with van der Waals surface area (Å²) < 4.78 is 1.73. The summed E-state index contributed by atoms with van der Waals surface area (Å²) in [5.74, 6) is -0.948. The highest BCUT2D eigenvalue weighted by Crippen LogP contribution is 2.32. The molecule has 0 saturated carbocycles. The molecule has 8 heteroatoms. The number of carboxylic acids is 1. The highest BCUT2D eigenvalue weighted by atomic mass is 32.2. The van der Waals surface area contributed by atoms with Crippen molar-refractivity contribution in [3.8, 4) is 0 Å². The van der Waals surface area contributed by atoms with Crippen LogP contribution in [-0.4, -0.2) is 32.5 Å². The Hall–Kier alpha value is -1.64. The van der Waals surface area contributed by atoms with Crippen LogP contribution in [-0.2, 0) is 0 Å². The fourth-order valence-corrected chi connectivity index (χ4v) is 4.15. The first-order chi connectivity index (χ1) is 10.2. The van der Waals surface area contributed by atoms with Gasteiger partial charge in [-0.25, -0.2) is 9.78 Å². The number of nitrogens with zero attached hydrogens (tertiary/aromatic N) is 3. The number of hydrogen-bond donors (Lipinski definition) is 1. The first kappa shape index (κ1) is 14.3. The molecule has 0 aliphatic heterocycles. The molecule has 0 saturated heterocycles. The van der Waals surface area contributed by atoms with E-state index >= 15 is 0 Å². The van der Waals surface area contributed by atoms with Gasteiger partial charge in [-0.05, 0) is 42.3 Å². The van der Waals surface area contributed by atoms with Crippen molar-refractivity contribution < 1.29 is 9.90 Å². The molecule has 2 aromatic heterocycles. The van der Waals surface area contributed by atoms with Crippen LogP contribution in [0.15, 0.2) is 44.0 Å². The Kier molecular flexibility index (Phi) is 4.09. The lowest BCUT2D eigenvalue weighted by molar-refractivity contribution is 0.0699. The Balaban J connectivity index is 1.96. The highest BCUT2D eigenvalue weighted by Gasteiger charge is 2.11. The van der Waals surface area contributed by atoms with Crippen LogP contribution in [0.5, 0.6) is 0 Å². The Morgan fingerprint density at radius 1 is 1.19 bits per heavy atom. The van der Waals surface area contributed by atoms with E-state index in [1.807, 2.05) is 6.26 Å². The summed E-state index contributed by atoms with van der Waals surface area (Å²) in [6.45, 7) is 0. The Morgan fingerprint density at radius 2 is 2.00 bits per heavy atom. The van der Waals surface area contributed by atoms with E-state index in [9.17, 15) is 4.79 Å². The second-order valence-corrected chi connectivity index (χ2v) is 7.27. The number of aromatic carboxylic acids is 1. The number of benzene rings is 1. The molecule has 3 rings (SSSR count). The van der Waals surface area contributed by atoms with E-state index in [0.29, 0.717) is 10.9 Å².